The van der Waals surface area contributed by atoms with Gasteiger partial charge in [-0.25, -0.2) is 4.98 Å². The number of hydrogen-bond donors (Lipinski definition) is 0. The topological polar surface area (TPSA) is 90.9 Å². The lowest BCUT2D eigenvalue weighted by Crippen LogP contribution is -2.01. The largest absolute Gasteiger partial charge is 0.300 e. The lowest BCUT2D eigenvalue weighted by Gasteiger charge is -1.98. The summed E-state index contributed by atoms with van der Waals surface area (Å²) in [5, 5.41) is 14.8. The zero-order chi connectivity index (χ0) is 14.5. The molecule has 0 atom stereocenters. The minimum atomic E-state index is -0.447. The summed E-state index contributed by atoms with van der Waals surface area (Å²) in [4.78, 5) is 25.1. The van der Waals surface area contributed by atoms with Crippen molar-refractivity contribution in [3.8, 4) is 11.4 Å². The Balaban J connectivity index is 2.04. The van der Waals surface area contributed by atoms with Gasteiger partial charge in [0.2, 0.25) is 0 Å². The van der Waals surface area contributed by atoms with Gasteiger partial charge in [0.05, 0.1) is 4.92 Å². The van der Waals surface area contributed by atoms with Crippen molar-refractivity contribution in [3.63, 3.8) is 0 Å². The molecule has 7 nitrogen and oxygen atoms in total. The quantitative estimate of drug-likeness (QED) is 0.595. The maximum atomic E-state index is 10.8. The molecule has 20 heavy (non-hydrogen) atoms. The second-order valence-electron chi connectivity index (χ2n) is 4.44. The van der Waals surface area contributed by atoms with Crippen molar-refractivity contribution < 1.29 is 9.72 Å². The van der Waals surface area contributed by atoms with E-state index in [9.17, 15) is 14.9 Å². The van der Waals surface area contributed by atoms with Crippen LogP contribution in [0.4, 0.5) is 5.69 Å². The van der Waals surface area contributed by atoms with Crippen molar-refractivity contribution in [2.45, 2.75) is 26.3 Å². The minimum absolute atomic E-state index is 0.0367. The van der Waals surface area contributed by atoms with E-state index in [1.165, 1.54) is 12.1 Å². The normalized spacial score (nSPS) is 10.4. The highest BCUT2D eigenvalue weighted by Gasteiger charge is 2.08. The second-order valence-corrected chi connectivity index (χ2v) is 4.44. The van der Waals surface area contributed by atoms with Gasteiger partial charge in [-0.2, -0.15) is 5.10 Å². The molecule has 1 aromatic carbocycles. The zero-order valence-electron chi connectivity index (χ0n) is 11.0. The predicted molar refractivity (Wildman–Crippen MR) is 72.0 cm³/mol. The van der Waals surface area contributed by atoms with Crippen molar-refractivity contribution in [3.05, 3.63) is 40.7 Å². The Hall–Kier alpha value is -2.57. The Morgan fingerprint density at radius 3 is 2.65 bits per heavy atom. The van der Waals surface area contributed by atoms with E-state index >= 15 is 0 Å². The van der Waals surface area contributed by atoms with Crippen LogP contribution in [0.15, 0.2) is 30.6 Å². The molecule has 0 unspecified atom stereocenters. The Morgan fingerprint density at radius 1 is 1.35 bits per heavy atom. The van der Waals surface area contributed by atoms with Gasteiger partial charge >= 0.3 is 0 Å². The average molecular weight is 274 g/mol. The molecule has 0 saturated heterocycles. The fraction of sp³-hybridized carbons (Fsp3) is 0.308. The highest BCUT2D eigenvalue weighted by atomic mass is 16.6. The molecule has 0 saturated carbocycles. The molecule has 0 spiro atoms. The van der Waals surface area contributed by atoms with Gasteiger partial charge in [-0.3, -0.25) is 14.8 Å². The highest BCUT2D eigenvalue weighted by Crippen LogP contribution is 2.18. The lowest BCUT2D eigenvalue weighted by molar-refractivity contribution is -0.384. The molecule has 1 aromatic heterocycles. The molecule has 0 N–H and O–H groups in total. The molecule has 0 bridgehead atoms. The third-order valence-electron chi connectivity index (χ3n) is 2.79. The number of non-ortho nitro benzene ring substituents is 1. The van der Waals surface area contributed by atoms with Gasteiger partial charge < -0.3 is 4.79 Å². The first-order valence-electron chi connectivity index (χ1n) is 6.20. The van der Waals surface area contributed by atoms with Gasteiger partial charge in [0.1, 0.15) is 12.1 Å². The molecular weight excluding hydrogens is 260 g/mol. The average Bonchev–Trinajstić information content (AvgIpc) is 2.87. The van der Waals surface area contributed by atoms with Crippen LogP contribution < -0.4 is 0 Å². The van der Waals surface area contributed by atoms with E-state index in [1.807, 2.05) is 0 Å². The highest BCUT2D eigenvalue weighted by molar-refractivity contribution is 5.75. The monoisotopic (exact) mass is 274 g/mol. The number of aromatic nitrogens is 3. The lowest BCUT2D eigenvalue weighted by atomic mass is 10.2. The van der Waals surface area contributed by atoms with Gasteiger partial charge in [0.25, 0.3) is 5.69 Å². The van der Waals surface area contributed by atoms with E-state index in [2.05, 4.69) is 10.1 Å². The summed E-state index contributed by atoms with van der Waals surface area (Å²) < 4.78 is 1.67. The molecule has 0 aliphatic heterocycles. The van der Waals surface area contributed by atoms with Crippen molar-refractivity contribution in [2.75, 3.05) is 0 Å². The second kappa shape index (κ2) is 6.05. The molecule has 1 heterocycles. The summed E-state index contributed by atoms with van der Waals surface area (Å²) in [6, 6.07) is 6.08. The molecule has 104 valence electrons. The molecular formula is C13H14N4O3. The summed E-state index contributed by atoms with van der Waals surface area (Å²) in [5.74, 6) is 0.670. The Bertz CT molecular complexity index is 619. The first-order chi connectivity index (χ1) is 9.56. The van der Waals surface area contributed by atoms with Crippen LogP contribution in [-0.4, -0.2) is 25.5 Å². The molecule has 0 amide bonds. The third-order valence-corrected chi connectivity index (χ3v) is 2.79. The van der Waals surface area contributed by atoms with Crippen LogP contribution in [0.2, 0.25) is 0 Å². The van der Waals surface area contributed by atoms with Crippen LogP contribution >= 0.6 is 0 Å². The maximum Gasteiger partial charge on any atom is 0.269 e. The minimum Gasteiger partial charge on any atom is -0.300 e. The molecule has 0 aliphatic carbocycles. The fourth-order valence-electron chi connectivity index (χ4n) is 1.76. The molecule has 0 radical (unpaired) electrons. The van der Waals surface area contributed by atoms with Crippen molar-refractivity contribution >= 4 is 11.5 Å². The molecule has 7 heteroatoms. The van der Waals surface area contributed by atoms with Gasteiger partial charge in [0, 0.05) is 30.7 Å². The van der Waals surface area contributed by atoms with Gasteiger partial charge in [0.15, 0.2) is 5.82 Å². The standard InChI is InChI=1S/C13H14N4O3/c1-10(18)3-2-8-16-9-14-13(15-16)11-4-6-12(7-5-11)17(19)20/h4-7,9H,2-3,8H2,1H3. The number of ketones is 1. The number of nitro groups is 1. The Kier molecular flexibility index (Phi) is 4.19. The van der Waals surface area contributed by atoms with Crippen LogP contribution in [0, 0.1) is 10.1 Å². The number of carbonyl (C=O) groups is 1. The van der Waals surface area contributed by atoms with E-state index in [0.29, 0.717) is 18.8 Å². The number of benzene rings is 1. The smallest absolute Gasteiger partial charge is 0.269 e. The number of nitro benzene ring substituents is 1. The first kappa shape index (κ1) is 13.9. The van der Waals surface area contributed by atoms with Gasteiger partial charge in [-0.05, 0) is 25.5 Å². The summed E-state index contributed by atoms with van der Waals surface area (Å²) >= 11 is 0. The summed E-state index contributed by atoms with van der Waals surface area (Å²) in [6.07, 6.45) is 2.84. The van der Waals surface area contributed by atoms with Gasteiger partial charge in [-0.1, -0.05) is 0 Å². The van der Waals surface area contributed by atoms with Crippen LogP contribution in [0.25, 0.3) is 11.4 Å². The van der Waals surface area contributed by atoms with E-state index in [0.717, 1.165) is 12.0 Å². The molecule has 0 aliphatic rings. The number of hydrogen-bond acceptors (Lipinski definition) is 5. The van der Waals surface area contributed by atoms with Crippen molar-refractivity contribution in [1.29, 1.82) is 0 Å². The number of rotatable bonds is 6. The maximum absolute atomic E-state index is 10.8. The van der Waals surface area contributed by atoms with Crippen molar-refractivity contribution in [2.24, 2.45) is 0 Å². The molecule has 2 rings (SSSR count). The Labute approximate surface area is 115 Å². The fourth-order valence-corrected chi connectivity index (χ4v) is 1.76. The van der Waals surface area contributed by atoms with Crippen LogP contribution in [-0.2, 0) is 11.3 Å². The van der Waals surface area contributed by atoms with Crippen LogP contribution in [0.1, 0.15) is 19.8 Å². The van der Waals surface area contributed by atoms with E-state index < -0.39 is 4.92 Å². The van der Waals surface area contributed by atoms with Crippen LogP contribution in [0.3, 0.4) is 0 Å². The summed E-state index contributed by atoms with van der Waals surface area (Å²) in [5.41, 5.74) is 0.760. The van der Waals surface area contributed by atoms with Crippen molar-refractivity contribution in [1.82, 2.24) is 14.8 Å². The molecule has 2 aromatic rings. The van der Waals surface area contributed by atoms with E-state index in [1.54, 1.807) is 30.1 Å². The third kappa shape index (κ3) is 3.47. The van der Waals surface area contributed by atoms with E-state index in [-0.39, 0.29) is 11.5 Å². The molecule has 0 fully saturated rings. The zero-order valence-corrected chi connectivity index (χ0v) is 11.0. The number of aryl methyl sites for hydroxylation is 1. The SMILES string of the molecule is CC(=O)CCCn1cnc(-c2ccc([N+](=O)[O-])cc2)n1. The summed E-state index contributed by atoms with van der Waals surface area (Å²) in [7, 11) is 0. The first-order valence-corrected chi connectivity index (χ1v) is 6.20. The number of Topliss-reactive ketones (excluding diaryl/α,β-unsaturated/α-hetero) is 1. The number of carbonyl (C=O) groups excluding carboxylic acids is 1. The predicted octanol–water partition coefficient (Wildman–Crippen LogP) is 2.22. The van der Waals surface area contributed by atoms with Gasteiger partial charge in [-0.15, -0.1) is 0 Å². The summed E-state index contributed by atoms with van der Waals surface area (Å²) in [6.45, 7) is 2.18. The number of nitrogens with zero attached hydrogens (tertiary/aromatic N) is 4. The van der Waals surface area contributed by atoms with E-state index in [4.69, 9.17) is 0 Å². The Morgan fingerprint density at radius 2 is 2.05 bits per heavy atom. The van der Waals surface area contributed by atoms with Crippen LogP contribution in [0.5, 0.6) is 0 Å².